The van der Waals surface area contributed by atoms with Crippen molar-refractivity contribution < 1.29 is 24.1 Å². The van der Waals surface area contributed by atoms with Gasteiger partial charge in [0.05, 0.1) is 25.3 Å². The maximum Gasteiger partial charge on any atom is 0.231 e. The number of benzene rings is 2. The van der Waals surface area contributed by atoms with E-state index in [2.05, 4.69) is 4.90 Å². The standard InChI is InChI=1S/C23H25NO5/c1-27-19-9-6-15(12-20(19)28-2)13-21-22(26)16-7-8-18(25)17(23(16)29-21)14-24-10-4-3-5-11-24/h6-9,12-13,25H,3-5,10-11,14H2,1-2H3. The minimum absolute atomic E-state index is 0.162. The van der Waals surface area contributed by atoms with Gasteiger partial charge in [-0.05, 0) is 61.8 Å². The molecule has 6 heteroatoms. The van der Waals surface area contributed by atoms with Crippen LogP contribution in [-0.2, 0) is 6.54 Å². The second-order valence-electron chi connectivity index (χ2n) is 7.33. The van der Waals surface area contributed by atoms with Crippen LogP contribution in [0.5, 0.6) is 23.0 Å². The lowest BCUT2D eigenvalue weighted by Gasteiger charge is -2.27. The van der Waals surface area contributed by atoms with E-state index in [0.717, 1.165) is 31.5 Å². The molecule has 0 bridgehead atoms. The van der Waals surface area contributed by atoms with Crippen LogP contribution in [0.25, 0.3) is 6.08 Å². The quantitative estimate of drug-likeness (QED) is 0.772. The summed E-state index contributed by atoms with van der Waals surface area (Å²) in [6.07, 6.45) is 5.23. The third-order valence-corrected chi connectivity index (χ3v) is 5.45. The molecule has 1 N–H and O–H groups in total. The molecule has 152 valence electrons. The van der Waals surface area contributed by atoms with E-state index in [-0.39, 0.29) is 17.3 Å². The molecular formula is C23H25NO5. The molecule has 0 saturated carbocycles. The van der Waals surface area contributed by atoms with Crippen molar-refractivity contribution in [2.45, 2.75) is 25.8 Å². The highest BCUT2D eigenvalue weighted by molar-refractivity contribution is 6.15. The number of rotatable bonds is 5. The van der Waals surface area contributed by atoms with Gasteiger partial charge in [-0.3, -0.25) is 9.69 Å². The van der Waals surface area contributed by atoms with Gasteiger partial charge in [0.2, 0.25) is 5.78 Å². The number of allylic oxidation sites excluding steroid dienone is 1. The third-order valence-electron chi connectivity index (χ3n) is 5.45. The van der Waals surface area contributed by atoms with E-state index in [1.54, 1.807) is 44.6 Å². The Morgan fingerprint density at radius 3 is 2.55 bits per heavy atom. The van der Waals surface area contributed by atoms with Crippen LogP contribution >= 0.6 is 0 Å². The van der Waals surface area contributed by atoms with Gasteiger partial charge in [0.25, 0.3) is 0 Å². The number of aromatic hydroxyl groups is 1. The van der Waals surface area contributed by atoms with E-state index in [1.807, 2.05) is 6.07 Å². The van der Waals surface area contributed by atoms with Gasteiger partial charge in [-0.15, -0.1) is 0 Å². The number of phenolic OH excluding ortho intramolecular Hbond substituents is 1. The molecule has 0 unspecified atom stereocenters. The van der Waals surface area contributed by atoms with Crippen LogP contribution < -0.4 is 14.2 Å². The lowest BCUT2D eigenvalue weighted by molar-refractivity contribution is 0.101. The summed E-state index contributed by atoms with van der Waals surface area (Å²) in [4.78, 5) is 15.2. The molecule has 0 amide bonds. The van der Waals surface area contributed by atoms with Crippen molar-refractivity contribution in [2.24, 2.45) is 0 Å². The first-order valence-corrected chi connectivity index (χ1v) is 9.84. The van der Waals surface area contributed by atoms with Crippen molar-refractivity contribution in [2.75, 3.05) is 27.3 Å². The van der Waals surface area contributed by atoms with E-state index in [4.69, 9.17) is 14.2 Å². The summed E-state index contributed by atoms with van der Waals surface area (Å²) in [6.45, 7) is 2.56. The predicted molar refractivity (Wildman–Crippen MR) is 110 cm³/mol. The topological polar surface area (TPSA) is 68.2 Å². The van der Waals surface area contributed by atoms with Crippen LogP contribution in [0.4, 0.5) is 0 Å². The lowest BCUT2D eigenvalue weighted by Crippen LogP contribution is -2.29. The number of phenols is 1. The molecule has 1 saturated heterocycles. The van der Waals surface area contributed by atoms with Crippen molar-refractivity contribution in [3.05, 3.63) is 52.8 Å². The molecule has 2 aromatic rings. The zero-order valence-electron chi connectivity index (χ0n) is 16.7. The van der Waals surface area contributed by atoms with Crippen LogP contribution in [0.2, 0.25) is 0 Å². The number of Topliss-reactive ketones (excluding diaryl/α,β-unsaturated/α-hetero) is 1. The van der Waals surface area contributed by atoms with Crippen molar-refractivity contribution in [1.82, 2.24) is 4.90 Å². The zero-order valence-corrected chi connectivity index (χ0v) is 16.7. The monoisotopic (exact) mass is 395 g/mol. The Labute approximate surface area is 170 Å². The summed E-state index contributed by atoms with van der Waals surface area (Å²) < 4.78 is 16.5. The Kier molecular flexibility index (Phi) is 5.45. The summed E-state index contributed by atoms with van der Waals surface area (Å²) in [5.41, 5.74) is 1.93. The van der Waals surface area contributed by atoms with Gasteiger partial charge in [-0.1, -0.05) is 12.5 Å². The minimum atomic E-state index is -0.185. The molecule has 6 nitrogen and oxygen atoms in total. The summed E-state index contributed by atoms with van der Waals surface area (Å²) in [5.74, 6) is 1.87. The second kappa shape index (κ2) is 8.17. The first-order chi connectivity index (χ1) is 14.1. The molecule has 2 aromatic carbocycles. The van der Waals surface area contributed by atoms with E-state index in [9.17, 15) is 9.90 Å². The maximum absolute atomic E-state index is 12.9. The van der Waals surface area contributed by atoms with Gasteiger partial charge < -0.3 is 19.3 Å². The summed E-state index contributed by atoms with van der Waals surface area (Å²) in [7, 11) is 3.14. The Morgan fingerprint density at radius 2 is 1.83 bits per heavy atom. The highest BCUT2D eigenvalue weighted by Crippen LogP contribution is 2.40. The largest absolute Gasteiger partial charge is 0.507 e. The Bertz CT molecular complexity index is 960. The van der Waals surface area contributed by atoms with Gasteiger partial charge in [0.15, 0.2) is 17.3 Å². The van der Waals surface area contributed by atoms with Crippen LogP contribution in [-0.4, -0.2) is 43.1 Å². The lowest BCUT2D eigenvalue weighted by atomic mass is 10.0. The molecular weight excluding hydrogens is 370 g/mol. The van der Waals surface area contributed by atoms with Crippen molar-refractivity contribution >= 4 is 11.9 Å². The Balaban J connectivity index is 1.64. The molecule has 4 rings (SSSR count). The first kappa shape index (κ1) is 19.3. The Hall–Kier alpha value is -2.99. The molecule has 2 aliphatic heterocycles. The predicted octanol–water partition coefficient (Wildman–Crippen LogP) is 4.01. The van der Waals surface area contributed by atoms with E-state index in [1.165, 1.54) is 6.42 Å². The zero-order chi connectivity index (χ0) is 20.4. The van der Waals surface area contributed by atoms with Crippen molar-refractivity contribution in [1.29, 1.82) is 0 Å². The molecule has 1 fully saturated rings. The fourth-order valence-corrected chi connectivity index (χ4v) is 3.88. The highest BCUT2D eigenvalue weighted by Gasteiger charge is 2.32. The number of likely N-dealkylation sites (tertiary alicyclic amines) is 1. The minimum Gasteiger partial charge on any atom is -0.507 e. The number of carbonyl (C=O) groups excluding carboxylic acids is 1. The first-order valence-electron chi connectivity index (χ1n) is 9.84. The van der Waals surface area contributed by atoms with E-state index in [0.29, 0.717) is 34.9 Å². The fourth-order valence-electron chi connectivity index (χ4n) is 3.88. The number of nitrogens with zero attached hydrogens (tertiary/aromatic N) is 1. The van der Waals surface area contributed by atoms with Gasteiger partial charge >= 0.3 is 0 Å². The van der Waals surface area contributed by atoms with Gasteiger partial charge in [-0.25, -0.2) is 0 Å². The number of fused-ring (bicyclic) bond motifs is 1. The van der Waals surface area contributed by atoms with Crippen molar-refractivity contribution in [3.63, 3.8) is 0 Å². The summed E-state index contributed by atoms with van der Waals surface area (Å²) in [6, 6.07) is 8.62. The van der Waals surface area contributed by atoms with Gasteiger partial charge in [0, 0.05) is 6.54 Å². The Morgan fingerprint density at radius 1 is 1.07 bits per heavy atom. The SMILES string of the molecule is COc1ccc(C=C2Oc3c(ccc(O)c3CN3CCCCC3)C2=O)cc1OC. The van der Waals surface area contributed by atoms with Gasteiger partial charge in [0.1, 0.15) is 11.5 Å². The molecule has 2 aliphatic rings. The third kappa shape index (κ3) is 3.80. The number of hydrogen-bond acceptors (Lipinski definition) is 6. The number of piperidine rings is 1. The molecule has 0 atom stereocenters. The molecule has 0 spiro atoms. The second-order valence-corrected chi connectivity index (χ2v) is 7.33. The normalized spacial score (nSPS) is 17.9. The van der Waals surface area contributed by atoms with Crippen LogP contribution in [0, 0.1) is 0 Å². The fraction of sp³-hybridized carbons (Fsp3) is 0.348. The molecule has 0 radical (unpaired) electrons. The number of carbonyl (C=O) groups is 1. The number of ketones is 1. The van der Waals surface area contributed by atoms with Crippen LogP contribution in [0.15, 0.2) is 36.1 Å². The highest BCUT2D eigenvalue weighted by atomic mass is 16.5. The van der Waals surface area contributed by atoms with Crippen LogP contribution in [0.3, 0.4) is 0 Å². The summed E-state index contributed by atoms with van der Waals surface area (Å²) >= 11 is 0. The number of methoxy groups -OCH3 is 2. The number of ether oxygens (including phenoxy) is 3. The average molecular weight is 395 g/mol. The molecule has 0 aliphatic carbocycles. The number of hydrogen-bond donors (Lipinski definition) is 1. The summed E-state index contributed by atoms with van der Waals surface area (Å²) in [5, 5.41) is 10.4. The smallest absolute Gasteiger partial charge is 0.231 e. The maximum atomic E-state index is 12.9. The molecule has 2 heterocycles. The van der Waals surface area contributed by atoms with Crippen LogP contribution in [0.1, 0.15) is 40.7 Å². The van der Waals surface area contributed by atoms with Crippen molar-refractivity contribution in [3.8, 4) is 23.0 Å². The molecule has 29 heavy (non-hydrogen) atoms. The van der Waals surface area contributed by atoms with E-state index >= 15 is 0 Å². The average Bonchev–Trinajstić information content (AvgIpc) is 3.06. The van der Waals surface area contributed by atoms with E-state index < -0.39 is 0 Å². The van der Waals surface area contributed by atoms with Gasteiger partial charge in [-0.2, -0.15) is 0 Å². The molecule has 0 aromatic heterocycles.